The number of aromatic nitrogens is 2. The van der Waals surface area contributed by atoms with Gasteiger partial charge >= 0.3 is 0 Å². The third kappa shape index (κ3) is 4.12. The van der Waals surface area contributed by atoms with E-state index >= 15 is 0 Å². The van der Waals surface area contributed by atoms with Gasteiger partial charge in [0.15, 0.2) is 0 Å². The van der Waals surface area contributed by atoms with Gasteiger partial charge in [0.25, 0.3) is 5.56 Å². The molecule has 3 aromatic rings. The van der Waals surface area contributed by atoms with E-state index in [-0.39, 0.29) is 5.56 Å². The molecule has 0 atom stereocenters. The van der Waals surface area contributed by atoms with Crippen LogP contribution in [0.1, 0.15) is 24.2 Å². The van der Waals surface area contributed by atoms with Crippen LogP contribution in [-0.4, -0.2) is 34.1 Å². The van der Waals surface area contributed by atoms with E-state index in [1.54, 1.807) is 4.57 Å². The molecule has 5 heteroatoms. The Morgan fingerprint density at radius 1 is 0.963 bits per heavy atom. The Morgan fingerprint density at radius 3 is 2.48 bits per heavy atom. The first-order valence-corrected chi connectivity index (χ1v) is 9.74. The Hall–Kier alpha value is -2.43. The molecular formula is C22H22ClN3O. The molecule has 1 aliphatic heterocycles. The van der Waals surface area contributed by atoms with Crippen LogP contribution < -0.4 is 5.56 Å². The number of hydrogen-bond donors (Lipinski definition) is 0. The highest BCUT2D eigenvalue weighted by molar-refractivity contribution is 6.30. The Labute approximate surface area is 163 Å². The maximum absolute atomic E-state index is 13.1. The van der Waals surface area contributed by atoms with Gasteiger partial charge in [-0.2, -0.15) is 0 Å². The summed E-state index contributed by atoms with van der Waals surface area (Å²) < 4.78 is 1.80. The molecule has 1 saturated heterocycles. The Kier molecular flexibility index (Phi) is 5.37. The maximum Gasteiger partial charge on any atom is 0.261 e. The number of likely N-dealkylation sites (tertiary alicyclic amines) is 1. The minimum Gasteiger partial charge on any atom is -0.302 e. The minimum atomic E-state index is 0.0237. The number of halogens is 1. The summed E-state index contributed by atoms with van der Waals surface area (Å²) in [5.41, 5.74) is 1.78. The van der Waals surface area contributed by atoms with E-state index in [2.05, 4.69) is 4.90 Å². The average Bonchev–Trinajstić information content (AvgIpc) is 3.21. The topological polar surface area (TPSA) is 38.1 Å². The molecule has 2 aromatic carbocycles. The van der Waals surface area contributed by atoms with E-state index in [9.17, 15) is 4.79 Å². The molecule has 1 fully saturated rings. The fraction of sp³-hybridized carbons (Fsp3) is 0.273. The van der Waals surface area contributed by atoms with E-state index < -0.39 is 0 Å². The fourth-order valence-corrected chi connectivity index (χ4v) is 3.65. The van der Waals surface area contributed by atoms with Gasteiger partial charge in [0.05, 0.1) is 10.9 Å². The Balaban J connectivity index is 1.70. The molecule has 2 heterocycles. The van der Waals surface area contributed by atoms with Gasteiger partial charge in [-0.1, -0.05) is 41.9 Å². The number of nitrogens with zero attached hydrogens (tertiary/aromatic N) is 3. The van der Waals surface area contributed by atoms with Crippen molar-refractivity contribution in [1.82, 2.24) is 14.5 Å². The van der Waals surface area contributed by atoms with Crippen molar-refractivity contribution in [3.05, 3.63) is 75.3 Å². The second-order valence-corrected chi connectivity index (χ2v) is 7.31. The van der Waals surface area contributed by atoms with E-state index in [0.29, 0.717) is 22.8 Å². The number of fused-ring (bicyclic) bond motifs is 1. The van der Waals surface area contributed by atoms with Gasteiger partial charge in [-0.25, -0.2) is 4.98 Å². The van der Waals surface area contributed by atoms with Crippen molar-refractivity contribution in [3.8, 4) is 0 Å². The van der Waals surface area contributed by atoms with E-state index in [4.69, 9.17) is 16.6 Å². The van der Waals surface area contributed by atoms with Crippen LogP contribution in [0.2, 0.25) is 5.02 Å². The molecule has 0 bridgehead atoms. The van der Waals surface area contributed by atoms with Crippen molar-refractivity contribution in [2.24, 2.45) is 0 Å². The summed E-state index contributed by atoms with van der Waals surface area (Å²) in [4.78, 5) is 20.2. The number of benzene rings is 2. The summed E-state index contributed by atoms with van der Waals surface area (Å²) in [5, 5.41) is 1.38. The Bertz CT molecular complexity index is 1020. The van der Waals surface area contributed by atoms with Gasteiger partial charge in [-0.05, 0) is 61.8 Å². The summed E-state index contributed by atoms with van der Waals surface area (Å²) in [5.74, 6) is 0.688. The van der Waals surface area contributed by atoms with Crippen LogP contribution >= 0.6 is 11.6 Å². The minimum absolute atomic E-state index is 0.0237. The largest absolute Gasteiger partial charge is 0.302 e. The van der Waals surface area contributed by atoms with Crippen molar-refractivity contribution < 1.29 is 0 Å². The molecule has 138 valence electrons. The monoisotopic (exact) mass is 379 g/mol. The van der Waals surface area contributed by atoms with Crippen LogP contribution in [0.15, 0.2) is 53.3 Å². The summed E-state index contributed by atoms with van der Waals surface area (Å²) >= 11 is 5.96. The Morgan fingerprint density at radius 2 is 1.70 bits per heavy atom. The van der Waals surface area contributed by atoms with Crippen molar-refractivity contribution in [2.75, 3.05) is 19.6 Å². The molecule has 0 saturated carbocycles. The fourth-order valence-electron chi connectivity index (χ4n) is 3.52. The lowest BCUT2D eigenvalue weighted by molar-refractivity contribution is 0.320. The highest BCUT2D eigenvalue weighted by Crippen LogP contribution is 2.14. The summed E-state index contributed by atoms with van der Waals surface area (Å²) in [6, 6.07) is 15.2. The molecule has 0 radical (unpaired) electrons. The van der Waals surface area contributed by atoms with Gasteiger partial charge in [0.2, 0.25) is 0 Å². The van der Waals surface area contributed by atoms with Crippen LogP contribution in [0, 0.1) is 0 Å². The second kappa shape index (κ2) is 8.07. The van der Waals surface area contributed by atoms with Crippen LogP contribution in [0.25, 0.3) is 23.1 Å². The number of rotatable bonds is 5. The lowest BCUT2D eigenvalue weighted by atomic mass is 10.2. The first-order chi connectivity index (χ1) is 13.2. The molecule has 0 aliphatic carbocycles. The first kappa shape index (κ1) is 18.0. The molecule has 0 N–H and O–H groups in total. The molecular weight excluding hydrogens is 358 g/mol. The highest BCUT2D eigenvalue weighted by Gasteiger charge is 2.14. The summed E-state index contributed by atoms with van der Waals surface area (Å²) in [7, 11) is 0. The molecule has 1 aliphatic rings. The number of para-hydroxylation sites is 1. The zero-order chi connectivity index (χ0) is 18.6. The van der Waals surface area contributed by atoms with Crippen LogP contribution in [0.5, 0.6) is 0 Å². The molecule has 4 nitrogen and oxygen atoms in total. The van der Waals surface area contributed by atoms with Crippen molar-refractivity contribution in [2.45, 2.75) is 19.4 Å². The van der Waals surface area contributed by atoms with E-state index in [1.807, 2.05) is 60.7 Å². The average molecular weight is 380 g/mol. The second-order valence-electron chi connectivity index (χ2n) is 6.88. The van der Waals surface area contributed by atoms with E-state index in [0.717, 1.165) is 30.7 Å². The van der Waals surface area contributed by atoms with Crippen LogP contribution in [-0.2, 0) is 6.54 Å². The van der Waals surface area contributed by atoms with Gasteiger partial charge in [0, 0.05) is 18.1 Å². The quantitative estimate of drug-likeness (QED) is 0.662. The maximum atomic E-state index is 13.1. The lowest BCUT2D eigenvalue weighted by Gasteiger charge is -2.17. The molecule has 1 aromatic heterocycles. The summed E-state index contributed by atoms with van der Waals surface area (Å²) in [6.07, 6.45) is 6.38. The van der Waals surface area contributed by atoms with Gasteiger partial charge in [0.1, 0.15) is 5.82 Å². The zero-order valence-corrected chi connectivity index (χ0v) is 15.9. The van der Waals surface area contributed by atoms with Gasteiger partial charge in [-0.3, -0.25) is 9.36 Å². The first-order valence-electron chi connectivity index (χ1n) is 9.36. The normalized spacial score (nSPS) is 15.1. The standard InChI is InChI=1S/C22H22ClN3O/c23-18-10-7-17(8-11-18)9-12-21-24-20-6-2-1-5-19(20)22(27)26(21)16-15-25-13-3-4-14-25/h1-2,5-12H,3-4,13-16H2/b12-9+. The highest BCUT2D eigenvalue weighted by atomic mass is 35.5. The third-order valence-electron chi connectivity index (χ3n) is 5.02. The molecule has 27 heavy (non-hydrogen) atoms. The predicted molar refractivity (Wildman–Crippen MR) is 112 cm³/mol. The molecule has 0 spiro atoms. The van der Waals surface area contributed by atoms with Crippen molar-refractivity contribution >= 4 is 34.7 Å². The van der Waals surface area contributed by atoms with Crippen molar-refractivity contribution in [3.63, 3.8) is 0 Å². The predicted octanol–water partition coefficient (Wildman–Crippen LogP) is 4.32. The zero-order valence-electron chi connectivity index (χ0n) is 15.1. The van der Waals surface area contributed by atoms with Crippen LogP contribution in [0.4, 0.5) is 0 Å². The van der Waals surface area contributed by atoms with Gasteiger partial charge in [-0.15, -0.1) is 0 Å². The molecule has 0 unspecified atom stereocenters. The molecule has 4 rings (SSSR count). The van der Waals surface area contributed by atoms with Crippen LogP contribution in [0.3, 0.4) is 0 Å². The third-order valence-corrected chi connectivity index (χ3v) is 5.28. The lowest BCUT2D eigenvalue weighted by Crippen LogP contribution is -2.31. The smallest absolute Gasteiger partial charge is 0.261 e. The molecule has 0 amide bonds. The SMILES string of the molecule is O=c1c2ccccc2nc(/C=C/c2ccc(Cl)cc2)n1CCN1CCCC1. The van der Waals surface area contributed by atoms with Gasteiger partial charge < -0.3 is 4.90 Å². The van der Waals surface area contributed by atoms with Crippen molar-refractivity contribution in [1.29, 1.82) is 0 Å². The summed E-state index contributed by atoms with van der Waals surface area (Å²) in [6.45, 7) is 3.76. The van der Waals surface area contributed by atoms with E-state index in [1.165, 1.54) is 12.8 Å². The number of hydrogen-bond acceptors (Lipinski definition) is 3.